The number of anilines is 1. The van der Waals surface area contributed by atoms with Crippen molar-refractivity contribution in [3.63, 3.8) is 0 Å². The molecule has 1 fully saturated rings. The molecule has 0 saturated heterocycles. The van der Waals surface area contributed by atoms with Gasteiger partial charge in [-0.1, -0.05) is 13.8 Å². The first-order valence-electron chi connectivity index (χ1n) is 7.88. The molecule has 1 aromatic rings. The second-order valence-corrected chi connectivity index (χ2v) is 6.69. The molecule has 112 valence electrons. The van der Waals surface area contributed by atoms with Crippen LogP contribution in [0.1, 0.15) is 44.9 Å². The van der Waals surface area contributed by atoms with Crippen molar-refractivity contribution >= 4 is 5.82 Å². The molecule has 1 saturated carbocycles. The smallest absolute Gasteiger partial charge is 0.129 e. The molecular weight excluding hydrogens is 246 g/mol. The summed E-state index contributed by atoms with van der Waals surface area (Å²) in [5.74, 6) is 2.67. The largest absolute Gasteiger partial charge is 0.357 e. The standard InChI is InChI=1S/C17H29N3/c1-12(2)10-18-11-15-8-13(3)19-17(9-15)20(5)14(4)16-6-7-16/h8-9,12,14,16,18H,6-7,10-11H2,1-5H3. The van der Waals surface area contributed by atoms with Crippen molar-refractivity contribution in [2.45, 2.75) is 53.1 Å². The number of nitrogens with zero attached hydrogens (tertiary/aromatic N) is 2. The first-order chi connectivity index (χ1) is 9.47. The molecule has 0 amide bonds. The highest BCUT2D eigenvalue weighted by Crippen LogP contribution is 2.36. The van der Waals surface area contributed by atoms with E-state index >= 15 is 0 Å². The van der Waals surface area contributed by atoms with Gasteiger partial charge in [-0.25, -0.2) is 4.98 Å². The molecule has 3 heteroatoms. The van der Waals surface area contributed by atoms with Crippen LogP contribution in [0.4, 0.5) is 5.82 Å². The molecule has 1 unspecified atom stereocenters. The van der Waals surface area contributed by atoms with E-state index < -0.39 is 0 Å². The van der Waals surface area contributed by atoms with Gasteiger partial charge in [-0.2, -0.15) is 0 Å². The van der Waals surface area contributed by atoms with E-state index in [0.29, 0.717) is 12.0 Å². The van der Waals surface area contributed by atoms with Crippen molar-refractivity contribution in [3.8, 4) is 0 Å². The Morgan fingerprint density at radius 1 is 1.30 bits per heavy atom. The fourth-order valence-electron chi connectivity index (χ4n) is 2.61. The quantitative estimate of drug-likeness (QED) is 0.827. The lowest BCUT2D eigenvalue weighted by Crippen LogP contribution is -2.31. The normalized spacial score (nSPS) is 16.5. The van der Waals surface area contributed by atoms with Gasteiger partial charge >= 0.3 is 0 Å². The highest BCUT2D eigenvalue weighted by molar-refractivity contribution is 5.43. The molecule has 1 atom stereocenters. The lowest BCUT2D eigenvalue weighted by molar-refractivity contribution is 0.551. The van der Waals surface area contributed by atoms with E-state index in [1.165, 1.54) is 18.4 Å². The maximum absolute atomic E-state index is 4.71. The average Bonchev–Trinajstić information content (AvgIpc) is 3.20. The molecule has 1 aliphatic carbocycles. The van der Waals surface area contributed by atoms with Crippen LogP contribution in [0, 0.1) is 18.8 Å². The van der Waals surface area contributed by atoms with Crippen molar-refractivity contribution in [2.75, 3.05) is 18.5 Å². The minimum Gasteiger partial charge on any atom is -0.357 e. The van der Waals surface area contributed by atoms with E-state index in [1.807, 2.05) is 0 Å². The number of aryl methyl sites for hydroxylation is 1. The third kappa shape index (κ3) is 4.20. The first kappa shape index (κ1) is 15.3. The van der Waals surface area contributed by atoms with Gasteiger partial charge in [-0.15, -0.1) is 0 Å². The summed E-state index contributed by atoms with van der Waals surface area (Å²) < 4.78 is 0. The summed E-state index contributed by atoms with van der Waals surface area (Å²) >= 11 is 0. The minimum atomic E-state index is 0.598. The molecule has 0 bridgehead atoms. The summed E-state index contributed by atoms with van der Waals surface area (Å²) in [6.45, 7) is 10.9. The van der Waals surface area contributed by atoms with Crippen molar-refractivity contribution in [1.29, 1.82) is 0 Å². The number of hydrogen-bond acceptors (Lipinski definition) is 3. The van der Waals surface area contributed by atoms with Gasteiger partial charge in [0.25, 0.3) is 0 Å². The Kier molecular flexibility index (Phi) is 5.03. The molecule has 1 aromatic heterocycles. The molecule has 0 spiro atoms. The van der Waals surface area contributed by atoms with Gasteiger partial charge in [0.05, 0.1) is 0 Å². The number of hydrogen-bond donors (Lipinski definition) is 1. The van der Waals surface area contributed by atoms with Crippen LogP contribution in [-0.2, 0) is 6.54 Å². The predicted octanol–water partition coefficient (Wildman–Crippen LogP) is 3.37. The average molecular weight is 275 g/mol. The van der Waals surface area contributed by atoms with Gasteiger partial charge < -0.3 is 10.2 Å². The van der Waals surface area contributed by atoms with Crippen LogP contribution in [-0.4, -0.2) is 24.6 Å². The van der Waals surface area contributed by atoms with Crippen molar-refractivity contribution in [2.24, 2.45) is 11.8 Å². The lowest BCUT2D eigenvalue weighted by atomic mass is 10.1. The zero-order valence-electron chi connectivity index (χ0n) is 13.6. The molecule has 1 N–H and O–H groups in total. The van der Waals surface area contributed by atoms with E-state index in [2.05, 4.69) is 57.1 Å². The van der Waals surface area contributed by atoms with Gasteiger partial charge in [0.2, 0.25) is 0 Å². The molecule has 1 aliphatic rings. The highest BCUT2D eigenvalue weighted by atomic mass is 15.2. The predicted molar refractivity (Wildman–Crippen MR) is 86.1 cm³/mol. The van der Waals surface area contributed by atoms with Crippen LogP contribution >= 0.6 is 0 Å². The summed E-state index contributed by atoms with van der Waals surface area (Å²) in [5.41, 5.74) is 2.45. The van der Waals surface area contributed by atoms with E-state index in [9.17, 15) is 0 Å². The monoisotopic (exact) mass is 275 g/mol. The lowest BCUT2D eigenvalue weighted by Gasteiger charge is -2.26. The third-order valence-electron chi connectivity index (χ3n) is 4.16. The molecule has 1 heterocycles. The second kappa shape index (κ2) is 6.57. The Morgan fingerprint density at radius 3 is 2.60 bits per heavy atom. The molecule has 20 heavy (non-hydrogen) atoms. The molecular formula is C17H29N3. The van der Waals surface area contributed by atoms with Crippen molar-refractivity contribution in [1.82, 2.24) is 10.3 Å². The van der Waals surface area contributed by atoms with Crippen LogP contribution in [0.25, 0.3) is 0 Å². The molecule has 3 nitrogen and oxygen atoms in total. The maximum Gasteiger partial charge on any atom is 0.129 e. The van der Waals surface area contributed by atoms with Crippen LogP contribution in [0.5, 0.6) is 0 Å². The van der Waals surface area contributed by atoms with Crippen LogP contribution in [0.2, 0.25) is 0 Å². The molecule has 2 rings (SSSR count). The van der Waals surface area contributed by atoms with Crippen LogP contribution < -0.4 is 10.2 Å². The van der Waals surface area contributed by atoms with Gasteiger partial charge in [0.15, 0.2) is 0 Å². The fraction of sp³-hybridized carbons (Fsp3) is 0.706. The Balaban J connectivity index is 2.03. The summed E-state index contributed by atoms with van der Waals surface area (Å²) in [4.78, 5) is 7.05. The van der Waals surface area contributed by atoms with E-state index in [1.54, 1.807) is 0 Å². The molecule has 0 radical (unpaired) electrons. The maximum atomic E-state index is 4.71. The van der Waals surface area contributed by atoms with E-state index in [-0.39, 0.29) is 0 Å². The zero-order valence-corrected chi connectivity index (χ0v) is 13.6. The molecule has 0 aliphatic heterocycles. The van der Waals surface area contributed by atoms with Crippen LogP contribution in [0.15, 0.2) is 12.1 Å². The Labute approximate surface area is 123 Å². The molecule has 0 aromatic carbocycles. The number of pyridine rings is 1. The summed E-state index contributed by atoms with van der Waals surface area (Å²) in [6.07, 6.45) is 2.75. The Hall–Kier alpha value is -1.09. The summed E-state index contributed by atoms with van der Waals surface area (Å²) in [6, 6.07) is 5.02. The van der Waals surface area contributed by atoms with Crippen LogP contribution in [0.3, 0.4) is 0 Å². The number of rotatable bonds is 7. The highest BCUT2D eigenvalue weighted by Gasteiger charge is 2.31. The number of aromatic nitrogens is 1. The van der Waals surface area contributed by atoms with E-state index in [0.717, 1.165) is 30.5 Å². The first-order valence-corrected chi connectivity index (χ1v) is 7.88. The SMILES string of the molecule is Cc1cc(CNCC(C)C)cc(N(C)C(C)C2CC2)n1. The van der Waals surface area contributed by atoms with E-state index in [4.69, 9.17) is 4.98 Å². The summed E-state index contributed by atoms with van der Waals surface area (Å²) in [7, 11) is 2.18. The number of nitrogens with one attached hydrogen (secondary N) is 1. The minimum absolute atomic E-state index is 0.598. The third-order valence-corrected chi connectivity index (χ3v) is 4.16. The van der Waals surface area contributed by atoms with Gasteiger partial charge in [0, 0.05) is 25.3 Å². The summed E-state index contributed by atoms with van der Waals surface area (Å²) in [5, 5.41) is 3.51. The van der Waals surface area contributed by atoms with Gasteiger partial charge in [-0.3, -0.25) is 0 Å². The Bertz CT molecular complexity index is 438. The van der Waals surface area contributed by atoms with Crippen molar-refractivity contribution < 1.29 is 0 Å². The van der Waals surface area contributed by atoms with Gasteiger partial charge in [-0.05, 0) is 62.8 Å². The second-order valence-electron chi connectivity index (χ2n) is 6.69. The fourth-order valence-corrected chi connectivity index (χ4v) is 2.61. The Morgan fingerprint density at radius 2 is 2.00 bits per heavy atom. The zero-order chi connectivity index (χ0) is 14.7. The van der Waals surface area contributed by atoms with Gasteiger partial charge in [0.1, 0.15) is 5.82 Å². The topological polar surface area (TPSA) is 28.2 Å². The van der Waals surface area contributed by atoms with Crippen molar-refractivity contribution in [3.05, 3.63) is 23.4 Å².